The van der Waals surface area contributed by atoms with E-state index in [1.54, 1.807) is 42.5 Å². The molecule has 0 saturated carbocycles. The Balaban J connectivity index is 2.23. The Morgan fingerprint density at radius 3 is 2.68 bits per heavy atom. The summed E-state index contributed by atoms with van der Waals surface area (Å²) in [6.45, 7) is 0. The molecule has 2 aromatic carbocycles. The second kappa shape index (κ2) is 5.69. The Kier molecular flexibility index (Phi) is 3.79. The van der Waals surface area contributed by atoms with Crippen molar-refractivity contribution in [1.29, 1.82) is 5.26 Å². The van der Waals surface area contributed by atoms with Crippen molar-refractivity contribution >= 4 is 5.97 Å². The van der Waals surface area contributed by atoms with Crippen molar-refractivity contribution < 1.29 is 14.3 Å². The number of hydrogen-bond donors (Lipinski definition) is 0. The Morgan fingerprint density at radius 1 is 1.16 bits per heavy atom. The van der Waals surface area contributed by atoms with Gasteiger partial charge in [0.2, 0.25) is 0 Å². The van der Waals surface area contributed by atoms with Gasteiger partial charge >= 0.3 is 5.97 Å². The zero-order valence-electron chi connectivity index (χ0n) is 10.3. The van der Waals surface area contributed by atoms with Gasteiger partial charge in [-0.3, -0.25) is 0 Å². The van der Waals surface area contributed by atoms with Crippen LogP contribution in [0.4, 0.5) is 0 Å². The molecule has 0 atom stereocenters. The summed E-state index contributed by atoms with van der Waals surface area (Å²) in [5, 5.41) is 8.78. The minimum absolute atomic E-state index is 0.329. The number of esters is 1. The van der Waals surface area contributed by atoms with Gasteiger partial charge in [0.25, 0.3) is 0 Å². The summed E-state index contributed by atoms with van der Waals surface area (Å²) >= 11 is 0. The molecule has 2 rings (SSSR count). The molecule has 0 unspecified atom stereocenters. The Bertz CT molecular complexity index is 644. The molecule has 0 heterocycles. The molecule has 0 spiro atoms. The molecular formula is C15H11NO3. The fourth-order valence-electron chi connectivity index (χ4n) is 1.60. The SMILES string of the molecule is COc1ccccc1C(=O)Oc1cccc(C#N)c1. The highest BCUT2D eigenvalue weighted by Gasteiger charge is 2.13. The van der Waals surface area contributed by atoms with Gasteiger partial charge < -0.3 is 9.47 Å². The van der Waals surface area contributed by atoms with E-state index in [1.807, 2.05) is 6.07 Å². The molecule has 94 valence electrons. The lowest BCUT2D eigenvalue weighted by Crippen LogP contribution is -2.10. The number of benzene rings is 2. The lowest BCUT2D eigenvalue weighted by atomic mass is 10.2. The number of hydrogen-bond acceptors (Lipinski definition) is 4. The molecule has 0 fully saturated rings. The van der Waals surface area contributed by atoms with Crippen molar-refractivity contribution in [3.63, 3.8) is 0 Å². The normalized spacial score (nSPS) is 9.47. The van der Waals surface area contributed by atoms with Gasteiger partial charge in [-0.05, 0) is 30.3 Å². The first-order valence-corrected chi connectivity index (χ1v) is 5.60. The molecule has 0 aromatic heterocycles. The first-order chi connectivity index (χ1) is 9.24. The molecule has 4 heteroatoms. The molecule has 4 nitrogen and oxygen atoms in total. The maximum atomic E-state index is 12.0. The van der Waals surface area contributed by atoms with Crippen molar-refractivity contribution in [3.05, 3.63) is 59.7 Å². The van der Waals surface area contributed by atoms with E-state index in [1.165, 1.54) is 13.2 Å². The van der Waals surface area contributed by atoms with Crippen molar-refractivity contribution in [1.82, 2.24) is 0 Å². The smallest absolute Gasteiger partial charge is 0.347 e. The van der Waals surface area contributed by atoms with Crippen molar-refractivity contribution in [3.8, 4) is 17.6 Å². The molecule has 0 aliphatic rings. The first-order valence-electron chi connectivity index (χ1n) is 5.60. The molecule has 19 heavy (non-hydrogen) atoms. The number of carbonyl (C=O) groups is 1. The van der Waals surface area contributed by atoms with Gasteiger partial charge in [0.15, 0.2) is 0 Å². The third-order valence-electron chi connectivity index (χ3n) is 2.50. The van der Waals surface area contributed by atoms with Crippen LogP contribution in [0.1, 0.15) is 15.9 Å². The van der Waals surface area contributed by atoms with Crippen molar-refractivity contribution in [2.45, 2.75) is 0 Å². The molecule has 0 saturated heterocycles. The second-order valence-electron chi connectivity index (χ2n) is 3.73. The van der Waals surface area contributed by atoms with Crippen LogP contribution in [0.25, 0.3) is 0 Å². The number of ether oxygens (including phenoxy) is 2. The van der Waals surface area contributed by atoms with Crippen LogP contribution in [0.2, 0.25) is 0 Å². The molecule has 2 aromatic rings. The first kappa shape index (κ1) is 12.7. The molecule has 0 N–H and O–H groups in total. The van der Waals surface area contributed by atoms with E-state index >= 15 is 0 Å². The van der Waals surface area contributed by atoms with E-state index in [-0.39, 0.29) is 0 Å². The highest BCUT2D eigenvalue weighted by molar-refractivity contribution is 5.94. The highest BCUT2D eigenvalue weighted by atomic mass is 16.5. The third-order valence-corrected chi connectivity index (χ3v) is 2.50. The number of nitrogens with zero attached hydrogens (tertiary/aromatic N) is 1. The van der Waals surface area contributed by atoms with E-state index in [2.05, 4.69) is 0 Å². The topological polar surface area (TPSA) is 59.3 Å². The highest BCUT2D eigenvalue weighted by Crippen LogP contribution is 2.20. The van der Waals surface area contributed by atoms with Crippen LogP contribution in [0.15, 0.2) is 48.5 Å². The van der Waals surface area contributed by atoms with E-state index in [0.717, 1.165) is 0 Å². The van der Waals surface area contributed by atoms with Crippen molar-refractivity contribution in [2.75, 3.05) is 7.11 Å². The monoisotopic (exact) mass is 253 g/mol. The van der Waals surface area contributed by atoms with Gasteiger partial charge in [-0.25, -0.2) is 4.79 Å². The van der Waals surface area contributed by atoms with Gasteiger partial charge in [0.05, 0.1) is 18.7 Å². The average molecular weight is 253 g/mol. The molecular weight excluding hydrogens is 242 g/mol. The predicted octanol–water partition coefficient (Wildman–Crippen LogP) is 2.79. The number of carbonyl (C=O) groups excluding carboxylic acids is 1. The zero-order valence-corrected chi connectivity index (χ0v) is 10.3. The van der Waals surface area contributed by atoms with E-state index in [4.69, 9.17) is 14.7 Å². The number of rotatable bonds is 3. The molecule has 0 bridgehead atoms. The van der Waals surface area contributed by atoms with Crippen LogP contribution in [0.5, 0.6) is 11.5 Å². The predicted molar refractivity (Wildman–Crippen MR) is 69.1 cm³/mol. The summed E-state index contributed by atoms with van der Waals surface area (Å²) in [7, 11) is 1.49. The Labute approximate surface area is 110 Å². The van der Waals surface area contributed by atoms with Gasteiger partial charge in [-0.1, -0.05) is 18.2 Å². The maximum absolute atomic E-state index is 12.0. The fraction of sp³-hybridized carbons (Fsp3) is 0.0667. The van der Waals surface area contributed by atoms with Gasteiger partial charge in [0, 0.05) is 0 Å². The summed E-state index contributed by atoms with van der Waals surface area (Å²) in [5.74, 6) is 0.256. The third kappa shape index (κ3) is 2.90. The van der Waals surface area contributed by atoms with E-state index in [9.17, 15) is 4.79 Å². The standard InChI is InChI=1S/C15H11NO3/c1-18-14-8-3-2-7-13(14)15(17)19-12-6-4-5-11(9-12)10-16/h2-9H,1H3. The number of methoxy groups -OCH3 is 1. The largest absolute Gasteiger partial charge is 0.496 e. The average Bonchev–Trinajstić information content (AvgIpc) is 2.47. The summed E-state index contributed by atoms with van der Waals surface area (Å²) in [5.41, 5.74) is 0.776. The summed E-state index contributed by atoms with van der Waals surface area (Å²) in [6, 6.07) is 15.2. The van der Waals surface area contributed by atoms with Gasteiger partial charge in [0.1, 0.15) is 17.1 Å². The van der Waals surface area contributed by atoms with Crippen LogP contribution >= 0.6 is 0 Å². The molecule has 0 aliphatic carbocycles. The summed E-state index contributed by atoms with van der Waals surface area (Å²) in [6.07, 6.45) is 0. The lowest BCUT2D eigenvalue weighted by molar-refractivity contribution is 0.0731. The summed E-state index contributed by atoms with van der Waals surface area (Å²) in [4.78, 5) is 12.0. The van der Waals surface area contributed by atoms with E-state index in [0.29, 0.717) is 22.6 Å². The van der Waals surface area contributed by atoms with Crippen LogP contribution in [0.3, 0.4) is 0 Å². The van der Waals surface area contributed by atoms with Crippen molar-refractivity contribution in [2.24, 2.45) is 0 Å². The number of nitriles is 1. The van der Waals surface area contributed by atoms with Crippen LogP contribution in [-0.4, -0.2) is 13.1 Å². The fourth-order valence-corrected chi connectivity index (χ4v) is 1.60. The maximum Gasteiger partial charge on any atom is 0.347 e. The van der Waals surface area contributed by atoms with Crippen LogP contribution < -0.4 is 9.47 Å². The van der Waals surface area contributed by atoms with E-state index < -0.39 is 5.97 Å². The minimum atomic E-state index is -0.521. The zero-order chi connectivity index (χ0) is 13.7. The second-order valence-corrected chi connectivity index (χ2v) is 3.73. The minimum Gasteiger partial charge on any atom is -0.496 e. The molecule has 0 amide bonds. The molecule has 0 aliphatic heterocycles. The van der Waals surface area contributed by atoms with Gasteiger partial charge in [-0.15, -0.1) is 0 Å². The number of para-hydroxylation sites is 1. The Hall–Kier alpha value is -2.80. The van der Waals surface area contributed by atoms with Crippen LogP contribution in [0, 0.1) is 11.3 Å². The quantitative estimate of drug-likeness (QED) is 0.623. The molecule has 0 radical (unpaired) electrons. The Morgan fingerprint density at radius 2 is 1.95 bits per heavy atom. The van der Waals surface area contributed by atoms with Gasteiger partial charge in [-0.2, -0.15) is 5.26 Å². The lowest BCUT2D eigenvalue weighted by Gasteiger charge is -2.08. The van der Waals surface area contributed by atoms with Crippen LogP contribution in [-0.2, 0) is 0 Å². The summed E-state index contributed by atoms with van der Waals surface area (Å²) < 4.78 is 10.3.